The van der Waals surface area contributed by atoms with Crippen LogP contribution in [0.4, 0.5) is 14.5 Å². The van der Waals surface area contributed by atoms with Crippen LogP contribution in [0.5, 0.6) is 0 Å². The Hall–Kier alpha value is -2.35. The Morgan fingerprint density at radius 2 is 2.05 bits per heavy atom. The minimum absolute atomic E-state index is 0.142. The Morgan fingerprint density at radius 3 is 2.77 bits per heavy atom. The molecular weight excluding hydrogens is 292 g/mol. The van der Waals surface area contributed by atoms with Crippen molar-refractivity contribution in [2.75, 3.05) is 18.4 Å². The molecule has 8 heteroatoms. The number of hydrogen-bond acceptors (Lipinski definition) is 4. The molecule has 116 valence electrons. The third kappa shape index (κ3) is 3.11. The van der Waals surface area contributed by atoms with Gasteiger partial charge in [0.1, 0.15) is 0 Å². The monoisotopic (exact) mass is 307 g/mol. The van der Waals surface area contributed by atoms with Crippen molar-refractivity contribution in [2.45, 2.75) is 18.9 Å². The minimum atomic E-state index is -1.02. The Balaban J connectivity index is 1.69. The fourth-order valence-corrected chi connectivity index (χ4v) is 2.40. The lowest BCUT2D eigenvalue weighted by molar-refractivity contribution is 0.102. The molecular formula is C14H15F2N5O. The maximum absolute atomic E-state index is 13.1. The first-order valence-electron chi connectivity index (χ1n) is 7.02. The number of nitrogens with one attached hydrogen (secondary N) is 2. The average molecular weight is 307 g/mol. The number of carbonyl (C=O) groups is 1. The minimum Gasteiger partial charge on any atom is -0.320 e. The van der Waals surface area contributed by atoms with Crippen LogP contribution in [0.15, 0.2) is 24.4 Å². The molecule has 6 nitrogen and oxygen atoms in total. The normalized spacial score (nSPS) is 15.7. The molecule has 1 aliphatic rings. The number of carbonyl (C=O) groups excluding carboxylic acids is 1. The van der Waals surface area contributed by atoms with Crippen molar-refractivity contribution >= 4 is 11.6 Å². The van der Waals surface area contributed by atoms with Crippen molar-refractivity contribution < 1.29 is 13.6 Å². The highest BCUT2D eigenvalue weighted by atomic mass is 19.2. The Bertz CT molecular complexity index is 682. The van der Waals surface area contributed by atoms with Gasteiger partial charge in [-0.2, -0.15) is 0 Å². The molecule has 1 saturated heterocycles. The molecule has 0 unspecified atom stereocenters. The molecule has 1 aromatic carbocycles. The number of amides is 1. The van der Waals surface area contributed by atoms with Crippen LogP contribution in [-0.2, 0) is 0 Å². The van der Waals surface area contributed by atoms with E-state index in [1.54, 1.807) is 10.9 Å². The van der Waals surface area contributed by atoms with Crippen LogP contribution in [0.1, 0.15) is 29.4 Å². The van der Waals surface area contributed by atoms with Gasteiger partial charge < -0.3 is 10.6 Å². The molecule has 1 fully saturated rings. The number of rotatable bonds is 3. The van der Waals surface area contributed by atoms with Crippen molar-refractivity contribution in [3.63, 3.8) is 0 Å². The summed E-state index contributed by atoms with van der Waals surface area (Å²) in [5, 5.41) is 13.5. The summed E-state index contributed by atoms with van der Waals surface area (Å²) in [5.74, 6) is -2.49. The van der Waals surface area contributed by atoms with Gasteiger partial charge in [0.05, 0.1) is 12.2 Å². The first-order chi connectivity index (χ1) is 10.6. The number of anilines is 1. The SMILES string of the molecule is O=C(Nc1ccc(F)c(F)c1)c1cn(C2CCNCC2)nn1. The highest BCUT2D eigenvalue weighted by molar-refractivity contribution is 6.02. The van der Waals surface area contributed by atoms with Crippen molar-refractivity contribution in [2.24, 2.45) is 0 Å². The summed E-state index contributed by atoms with van der Waals surface area (Å²) in [6.45, 7) is 1.81. The summed E-state index contributed by atoms with van der Waals surface area (Å²) in [6.07, 6.45) is 3.42. The van der Waals surface area contributed by atoms with Crippen molar-refractivity contribution in [1.82, 2.24) is 20.3 Å². The second kappa shape index (κ2) is 6.18. The number of aromatic nitrogens is 3. The number of hydrogen-bond donors (Lipinski definition) is 2. The van der Waals surface area contributed by atoms with Gasteiger partial charge in [-0.3, -0.25) is 4.79 Å². The van der Waals surface area contributed by atoms with Gasteiger partial charge in [0.15, 0.2) is 17.3 Å². The first-order valence-corrected chi connectivity index (χ1v) is 7.02. The zero-order chi connectivity index (χ0) is 15.5. The van der Waals surface area contributed by atoms with Crippen molar-refractivity contribution in [3.8, 4) is 0 Å². The Labute approximate surface area is 125 Å². The zero-order valence-corrected chi connectivity index (χ0v) is 11.7. The molecule has 0 saturated carbocycles. The highest BCUT2D eigenvalue weighted by Gasteiger charge is 2.19. The van der Waals surface area contributed by atoms with E-state index >= 15 is 0 Å². The molecule has 3 rings (SSSR count). The largest absolute Gasteiger partial charge is 0.320 e. The van der Waals surface area contributed by atoms with Crippen molar-refractivity contribution in [1.29, 1.82) is 0 Å². The summed E-state index contributed by atoms with van der Waals surface area (Å²) in [6, 6.07) is 3.38. The number of nitrogens with zero attached hydrogens (tertiary/aromatic N) is 3. The van der Waals surface area contributed by atoms with E-state index in [1.165, 1.54) is 6.07 Å². The van der Waals surface area contributed by atoms with Crippen LogP contribution in [0, 0.1) is 11.6 Å². The van der Waals surface area contributed by atoms with Crippen LogP contribution >= 0.6 is 0 Å². The summed E-state index contributed by atoms with van der Waals surface area (Å²) in [7, 11) is 0. The maximum Gasteiger partial charge on any atom is 0.277 e. The van der Waals surface area contributed by atoms with Crippen LogP contribution in [0.2, 0.25) is 0 Å². The zero-order valence-electron chi connectivity index (χ0n) is 11.7. The lowest BCUT2D eigenvalue weighted by Gasteiger charge is -2.22. The van der Waals surface area contributed by atoms with E-state index in [2.05, 4.69) is 20.9 Å². The quantitative estimate of drug-likeness (QED) is 0.906. The molecule has 2 N–H and O–H groups in total. The van der Waals surface area contributed by atoms with E-state index in [-0.39, 0.29) is 17.4 Å². The molecule has 0 radical (unpaired) electrons. The fourth-order valence-electron chi connectivity index (χ4n) is 2.40. The maximum atomic E-state index is 13.1. The van der Waals surface area contributed by atoms with Crippen molar-refractivity contribution in [3.05, 3.63) is 41.7 Å². The van der Waals surface area contributed by atoms with Gasteiger partial charge in [-0.25, -0.2) is 13.5 Å². The van der Waals surface area contributed by atoms with Gasteiger partial charge in [0, 0.05) is 11.8 Å². The molecule has 1 amide bonds. The predicted molar refractivity (Wildman–Crippen MR) is 75.5 cm³/mol. The van der Waals surface area contributed by atoms with Crippen LogP contribution in [0.3, 0.4) is 0 Å². The van der Waals surface area contributed by atoms with Crippen LogP contribution < -0.4 is 10.6 Å². The third-order valence-electron chi connectivity index (χ3n) is 3.60. The smallest absolute Gasteiger partial charge is 0.277 e. The molecule has 0 spiro atoms. The summed E-state index contributed by atoms with van der Waals surface area (Å²) < 4.78 is 27.6. The van der Waals surface area contributed by atoms with Gasteiger partial charge in [0.25, 0.3) is 5.91 Å². The van der Waals surface area contributed by atoms with E-state index in [1.807, 2.05) is 0 Å². The van der Waals surface area contributed by atoms with Crippen LogP contribution in [-0.4, -0.2) is 34.0 Å². The Kier molecular flexibility index (Phi) is 4.10. The number of piperidine rings is 1. The molecule has 0 atom stereocenters. The molecule has 1 aromatic heterocycles. The number of benzene rings is 1. The van der Waals surface area contributed by atoms with Gasteiger partial charge in [-0.15, -0.1) is 5.10 Å². The lowest BCUT2D eigenvalue weighted by atomic mass is 10.1. The molecule has 1 aliphatic heterocycles. The molecule has 22 heavy (non-hydrogen) atoms. The van der Waals surface area contributed by atoms with E-state index < -0.39 is 17.5 Å². The van der Waals surface area contributed by atoms with Gasteiger partial charge in [0.2, 0.25) is 0 Å². The van der Waals surface area contributed by atoms with Gasteiger partial charge in [-0.1, -0.05) is 5.21 Å². The topological polar surface area (TPSA) is 71.8 Å². The van der Waals surface area contributed by atoms with E-state index in [0.29, 0.717) is 0 Å². The summed E-state index contributed by atoms with van der Waals surface area (Å²) >= 11 is 0. The van der Waals surface area contributed by atoms with Crippen LogP contribution in [0.25, 0.3) is 0 Å². The molecule has 0 aliphatic carbocycles. The average Bonchev–Trinajstić information content (AvgIpc) is 3.02. The van der Waals surface area contributed by atoms with Gasteiger partial charge in [-0.05, 0) is 38.1 Å². The van der Waals surface area contributed by atoms with E-state index in [0.717, 1.165) is 38.1 Å². The second-order valence-electron chi connectivity index (χ2n) is 5.15. The lowest BCUT2D eigenvalue weighted by Crippen LogP contribution is -2.29. The number of halogens is 2. The third-order valence-corrected chi connectivity index (χ3v) is 3.60. The highest BCUT2D eigenvalue weighted by Crippen LogP contribution is 2.18. The predicted octanol–water partition coefficient (Wildman–Crippen LogP) is 1.73. The summed E-state index contributed by atoms with van der Waals surface area (Å²) in [5.41, 5.74) is 0.309. The standard InChI is InChI=1S/C14H15F2N5O/c15-11-2-1-9(7-12(11)16)18-14(22)13-8-21(20-19-13)10-3-5-17-6-4-10/h1-2,7-8,10,17H,3-6H2,(H,18,22). The van der Waals surface area contributed by atoms with E-state index in [4.69, 9.17) is 0 Å². The Morgan fingerprint density at radius 1 is 1.27 bits per heavy atom. The molecule has 2 aromatic rings. The fraction of sp³-hybridized carbons (Fsp3) is 0.357. The second-order valence-corrected chi connectivity index (χ2v) is 5.15. The molecule has 2 heterocycles. The summed E-state index contributed by atoms with van der Waals surface area (Å²) in [4.78, 5) is 12.1. The molecule has 0 bridgehead atoms. The van der Waals surface area contributed by atoms with E-state index in [9.17, 15) is 13.6 Å². The van der Waals surface area contributed by atoms with Gasteiger partial charge >= 0.3 is 0 Å². The first kappa shape index (κ1) is 14.6.